The first-order chi connectivity index (χ1) is 8.63. The maximum atomic E-state index is 11.8. The molecule has 0 aliphatic heterocycles. The zero-order chi connectivity index (χ0) is 13.0. The molecule has 0 unspecified atom stereocenters. The Morgan fingerprint density at radius 1 is 1.06 bits per heavy atom. The van der Waals surface area contributed by atoms with E-state index >= 15 is 0 Å². The Labute approximate surface area is 119 Å². The molecule has 4 heteroatoms. The first-order valence-electron chi connectivity index (χ1n) is 5.43. The molecule has 0 saturated carbocycles. The molecule has 2 aromatic rings. The zero-order valence-corrected chi connectivity index (χ0v) is 11.8. The zero-order valence-electron chi connectivity index (χ0n) is 9.49. The Hall–Kier alpha value is -1.32. The van der Waals surface area contributed by atoms with Gasteiger partial charge in [0.2, 0.25) is 5.91 Å². The Balaban J connectivity index is 1.96. The molecule has 92 valence electrons. The van der Waals surface area contributed by atoms with Crippen LogP contribution in [0.4, 0.5) is 5.69 Å². The average Bonchev–Trinajstić information content (AvgIpc) is 2.35. The molecule has 2 nitrogen and oxygen atoms in total. The van der Waals surface area contributed by atoms with E-state index in [1.165, 1.54) is 0 Å². The van der Waals surface area contributed by atoms with E-state index in [0.717, 1.165) is 15.7 Å². The number of carbonyl (C=O) groups is 1. The van der Waals surface area contributed by atoms with Crippen molar-refractivity contribution in [3.05, 3.63) is 63.6 Å². The predicted molar refractivity (Wildman–Crippen MR) is 77.9 cm³/mol. The molecular formula is C14H11BrClNO. The molecule has 0 spiro atoms. The molecule has 0 heterocycles. The molecule has 1 N–H and O–H groups in total. The molecule has 0 radical (unpaired) electrons. The van der Waals surface area contributed by atoms with Crippen LogP contribution < -0.4 is 5.32 Å². The number of nitrogens with one attached hydrogen (secondary N) is 1. The summed E-state index contributed by atoms with van der Waals surface area (Å²) < 4.78 is 1.00. The van der Waals surface area contributed by atoms with Crippen LogP contribution in [0, 0.1) is 0 Å². The van der Waals surface area contributed by atoms with Gasteiger partial charge in [-0.25, -0.2) is 0 Å². The first kappa shape index (κ1) is 13.1. The highest BCUT2D eigenvalue weighted by molar-refractivity contribution is 9.10. The van der Waals surface area contributed by atoms with Crippen LogP contribution in [0.5, 0.6) is 0 Å². The Bertz CT molecular complexity index is 487. The summed E-state index contributed by atoms with van der Waals surface area (Å²) in [6.07, 6.45) is 0.357. The van der Waals surface area contributed by atoms with E-state index in [9.17, 15) is 4.79 Å². The van der Waals surface area contributed by atoms with Gasteiger partial charge in [0.05, 0.1) is 6.42 Å². The second kappa shape index (κ2) is 6.03. The normalized spacial score (nSPS) is 10.1. The fourth-order valence-corrected chi connectivity index (χ4v) is 1.92. The van der Waals surface area contributed by atoms with Gasteiger partial charge in [-0.2, -0.15) is 0 Å². The van der Waals surface area contributed by atoms with Crippen molar-refractivity contribution in [3.63, 3.8) is 0 Å². The molecule has 1 amide bonds. The van der Waals surface area contributed by atoms with Gasteiger partial charge in [0, 0.05) is 15.2 Å². The molecule has 18 heavy (non-hydrogen) atoms. The number of halogens is 2. The molecule has 0 fully saturated rings. The van der Waals surface area contributed by atoms with Crippen LogP contribution in [-0.4, -0.2) is 5.91 Å². The lowest BCUT2D eigenvalue weighted by molar-refractivity contribution is -0.115. The van der Waals surface area contributed by atoms with Crippen molar-refractivity contribution < 1.29 is 4.79 Å². The number of hydrogen-bond acceptors (Lipinski definition) is 1. The van der Waals surface area contributed by atoms with E-state index in [1.54, 1.807) is 24.3 Å². The molecule has 0 aromatic heterocycles. The van der Waals surface area contributed by atoms with Gasteiger partial charge in [-0.3, -0.25) is 4.79 Å². The topological polar surface area (TPSA) is 29.1 Å². The molecule has 0 bridgehead atoms. The number of hydrogen-bond donors (Lipinski definition) is 1. The second-order valence-electron chi connectivity index (χ2n) is 3.86. The fraction of sp³-hybridized carbons (Fsp3) is 0.0714. The fourth-order valence-electron chi connectivity index (χ4n) is 1.53. The second-order valence-corrected chi connectivity index (χ2v) is 5.21. The average molecular weight is 325 g/mol. The van der Waals surface area contributed by atoms with Crippen molar-refractivity contribution in [2.45, 2.75) is 6.42 Å². The van der Waals surface area contributed by atoms with Crippen molar-refractivity contribution >= 4 is 39.1 Å². The molecule has 0 aliphatic rings. The predicted octanol–water partition coefficient (Wildman–Crippen LogP) is 4.28. The van der Waals surface area contributed by atoms with Crippen molar-refractivity contribution in [3.8, 4) is 0 Å². The largest absolute Gasteiger partial charge is 0.326 e. The lowest BCUT2D eigenvalue weighted by Gasteiger charge is -2.05. The highest BCUT2D eigenvalue weighted by atomic mass is 79.9. The van der Waals surface area contributed by atoms with Gasteiger partial charge < -0.3 is 5.32 Å². The van der Waals surface area contributed by atoms with Gasteiger partial charge >= 0.3 is 0 Å². The van der Waals surface area contributed by atoms with Gasteiger partial charge in [-0.15, -0.1) is 0 Å². The first-order valence-corrected chi connectivity index (χ1v) is 6.60. The minimum absolute atomic E-state index is 0.0420. The van der Waals surface area contributed by atoms with Gasteiger partial charge in [0.25, 0.3) is 0 Å². The maximum Gasteiger partial charge on any atom is 0.228 e. The Morgan fingerprint density at radius 2 is 1.67 bits per heavy atom. The van der Waals surface area contributed by atoms with Crippen molar-refractivity contribution in [1.82, 2.24) is 0 Å². The maximum absolute atomic E-state index is 11.8. The van der Waals surface area contributed by atoms with Crippen LogP contribution >= 0.6 is 27.5 Å². The SMILES string of the molecule is O=C(Cc1ccc(Br)cc1)Nc1ccc(Cl)cc1. The summed E-state index contributed by atoms with van der Waals surface area (Å²) in [7, 11) is 0. The molecule has 0 aliphatic carbocycles. The minimum atomic E-state index is -0.0420. The van der Waals surface area contributed by atoms with E-state index in [4.69, 9.17) is 11.6 Å². The third kappa shape index (κ3) is 3.86. The number of amides is 1. The third-order valence-corrected chi connectivity index (χ3v) is 3.19. The smallest absolute Gasteiger partial charge is 0.228 e. The molecule has 0 atom stereocenters. The highest BCUT2D eigenvalue weighted by Gasteiger charge is 2.04. The number of carbonyl (C=O) groups excluding carboxylic acids is 1. The number of rotatable bonds is 3. The standard InChI is InChI=1S/C14H11BrClNO/c15-11-3-1-10(2-4-11)9-14(18)17-13-7-5-12(16)6-8-13/h1-8H,9H2,(H,17,18). The lowest BCUT2D eigenvalue weighted by atomic mass is 10.1. The highest BCUT2D eigenvalue weighted by Crippen LogP contribution is 2.14. The minimum Gasteiger partial charge on any atom is -0.326 e. The Morgan fingerprint density at radius 3 is 2.28 bits per heavy atom. The number of benzene rings is 2. The Kier molecular flexibility index (Phi) is 4.39. The van der Waals surface area contributed by atoms with E-state index < -0.39 is 0 Å². The molecule has 2 rings (SSSR count). The van der Waals surface area contributed by atoms with E-state index in [0.29, 0.717) is 11.4 Å². The third-order valence-electron chi connectivity index (χ3n) is 2.41. The van der Waals surface area contributed by atoms with E-state index in [1.807, 2.05) is 24.3 Å². The summed E-state index contributed by atoms with van der Waals surface area (Å²) in [5.41, 5.74) is 1.73. The summed E-state index contributed by atoms with van der Waals surface area (Å²) in [5.74, 6) is -0.0420. The van der Waals surface area contributed by atoms with Crippen LogP contribution in [0.1, 0.15) is 5.56 Å². The molecule has 2 aromatic carbocycles. The summed E-state index contributed by atoms with van der Waals surface area (Å²) in [4.78, 5) is 11.8. The lowest BCUT2D eigenvalue weighted by Crippen LogP contribution is -2.14. The van der Waals surface area contributed by atoms with Crippen molar-refractivity contribution in [2.75, 3.05) is 5.32 Å². The monoisotopic (exact) mass is 323 g/mol. The summed E-state index contributed by atoms with van der Waals surface area (Å²) in [6, 6.07) is 14.7. The van der Waals surface area contributed by atoms with E-state index in [2.05, 4.69) is 21.2 Å². The van der Waals surface area contributed by atoms with E-state index in [-0.39, 0.29) is 5.91 Å². The summed E-state index contributed by atoms with van der Waals surface area (Å²) in [5, 5.41) is 3.48. The van der Waals surface area contributed by atoms with Crippen molar-refractivity contribution in [1.29, 1.82) is 0 Å². The summed E-state index contributed by atoms with van der Waals surface area (Å²) in [6.45, 7) is 0. The van der Waals surface area contributed by atoms with Crippen molar-refractivity contribution in [2.24, 2.45) is 0 Å². The molecule has 0 saturated heterocycles. The molecular weight excluding hydrogens is 314 g/mol. The number of anilines is 1. The van der Waals surface area contributed by atoms with Gasteiger partial charge in [-0.05, 0) is 42.0 Å². The van der Waals surface area contributed by atoms with Crippen LogP contribution in [-0.2, 0) is 11.2 Å². The van der Waals surface area contributed by atoms with Gasteiger partial charge in [-0.1, -0.05) is 39.7 Å². The quantitative estimate of drug-likeness (QED) is 0.897. The van der Waals surface area contributed by atoms with Gasteiger partial charge in [0.15, 0.2) is 0 Å². The van der Waals surface area contributed by atoms with Crippen LogP contribution in [0.2, 0.25) is 5.02 Å². The van der Waals surface area contributed by atoms with Gasteiger partial charge in [0.1, 0.15) is 0 Å². The van der Waals surface area contributed by atoms with Crippen LogP contribution in [0.15, 0.2) is 53.0 Å². The summed E-state index contributed by atoms with van der Waals surface area (Å²) >= 11 is 9.13. The van der Waals surface area contributed by atoms with Crippen LogP contribution in [0.25, 0.3) is 0 Å². The van der Waals surface area contributed by atoms with Crippen LogP contribution in [0.3, 0.4) is 0 Å².